The van der Waals surface area contributed by atoms with Crippen LogP contribution in [0.4, 0.5) is 0 Å². The lowest BCUT2D eigenvalue weighted by molar-refractivity contribution is -0.120. The molecular weight excluding hydrogens is 268 g/mol. The Bertz CT molecular complexity index is 577. The minimum Gasteiger partial charge on any atom is -0.355 e. The highest BCUT2D eigenvalue weighted by Gasteiger charge is 2.06. The summed E-state index contributed by atoms with van der Waals surface area (Å²) in [6, 6.07) is 8.37. The molecule has 20 heavy (non-hydrogen) atoms. The Hall–Kier alpha value is -1.68. The first kappa shape index (κ1) is 14.7. The van der Waals surface area contributed by atoms with Crippen molar-refractivity contribution >= 4 is 17.2 Å². The second kappa shape index (κ2) is 7.20. The summed E-state index contributed by atoms with van der Waals surface area (Å²) >= 11 is 1.62. The van der Waals surface area contributed by atoms with Gasteiger partial charge in [0.05, 0.1) is 17.1 Å². The molecule has 1 heterocycles. The van der Waals surface area contributed by atoms with Gasteiger partial charge in [-0.25, -0.2) is 4.98 Å². The highest BCUT2D eigenvalue weighted by molar-refractivity contribution is 7.09. The molecule has 1 amide bonds. The van der Waals surface area contributed by atoms with Gasteiger partial charge in [0.25, 0.3) is 0 Å². The number of thiazole rings is 1. The number of hydrogen-bond donors (Lipinski definition) is 1. The van der Waals surface area contributed by atoms with Gasteiger partial charge in [0.2, 0.25) is 5.91 Å². The fourth-order valence-electron chi connectivity index (χ4n) is 2.03. The number of aromatic nitrogens is 1. The van der Waals surface area contributed by atoms with Crippen molar-refractivity contribution in [2.75, 3.05) is 6.54 Å². The Morgan fingerprint density at radius 2 is 2.25 bits per heavy atom. The molecular formula is C16H20N2OS. The van der Waals surface area contributed by atoms with Gasteiger partial charge in [-0.1, -0.05) is 36.8 Å². The molecule has 0 saturated carbocycles. The second-order valence-corrected chi connectivity index (χ2v) is 5.79. The molecule has 3 nitrogen and oxygen atoms in total. The predicted molar refractivity (Wildman–Crippen MR) is 83.1 cm³/mol. The zero-order valence-corrected chi connectivity index (χ0v) is 12.8. The second-order valence-electron chi connectivity index (χ2n) is 4.85. The molecule has 0 atom stereocenters. The molecule has 0 radical (unpaired) electrons. The Morgan fingerprint density at radius 3 is 2.95 bits per heavy atom. The first-order chi connectivity index (χ1) is 9.67. The molecule has 1 aromatic heterocycles. The standard InChI is InChI=1S/C16H20N2OS/c1-3-16-18-14(11-20-16)10-15(19)17-8-7-13-6-4-5-12(2)9-13/h4-6,9,11H,3,7-8,10H2,1-2H3,(H,17,19). The third kappa shape index (κ3) is 4.46. The lowest BCUT2D eigenvalue weighted by Gasteiger charge is -2.05. The smallest absolute Gasteiger partial charge is 0.226 e. The third-order valence-corrected chi connectivity index (χ3v) is 4.10. The highest BCUT2D eigenvalue weighted by Crippen LogP contribution is 2.10. The normalized spacial score (nSPS) is 10.5. The molecule has 0 aliphatic heterocycles. The molecule has 1 N–H and O–H groups in total. The molecule has 0 fully saturated rings. The molecule has 0 saturated heterocycles. The lowest BCUT2D eigenvalue weighted by Crippen LogP contribution is -2.27. The van der Waals surface area contributed by atoms with Gasteiger partial charge >= 0.3 is 0 Å². The number of rotatable bonds is 6. The molecule has 0 spiro atoms. The maximum Gasteiger partial charge on any atom is 0.226 e. The summed E-state index contributed by atoms with van der Waals surface area (Å²) in [6.45, 7) is 4.83. The summed E-state index contributed by atoms with van der Waals surface area (Å²) < 4.78 is 0. The number of carbonyl (C=O) groups is 1. The van der Waals surface area contributed by atoms with E-state index in [0.717, 1.165) is 23.5 Å². The van der Waals surface area contributed by atoms with E-state index >= 15 is 0 Å². The zero-order chi connectivity index (χ0) is 14.4. The Morgan fingerprint density at radius 1 is 1.40 bits per heavy atom. The van der Waals surface area contributed by atoms with E-state index in [4.69, 9.17) is 0 Å². The topological polar surface area (TPSA) is 42.0 Å². The van der Waals surface area contributed by atoms with E-state index in [0.29, 0.717) is 13.0 Å². The largest absolute Gasteiger partial charge is 0.355 e. The molecule has 0 bridgehead atoms. The lowest BCUT2D eigenvalue weighted by atomic mass is 10.1. The third-order valence-electron chi connectivity index (χ3n) is 3.06. The van der Waals surface area contributed by atoms with Crippen molar-refractivity contribution in [2.24, 2.45) is 0 Å². The van der Waals surface area contributed by atoms with Crippen LogP contribution in [0.5, 0.6) is 0 Å². The van der Waals surface area contributed by atoms with E-state index in [9.17, 15) is 4.79 Å². The monoisotopic (exact) mass is 288 g/mol. The van der Waals surface area contributed by atoms with Crippen LogP contribution in [0.1, 0.15) is 28.8 Å². The number of aryl methyl sites for hydroxylation is 2. The molecule has 2 aromatic rings. The summed E-state index contributed by atoms with van der Waals surface area (Å²) in [5.41, 5.74) is 3.38. The maximum atomic E-state index is 11.8. The molecule has 0 aliphatic carbocycles. The number of carbonyl (C=O) groups excluding carboxylic acids is 1. The van der Waals surface area contributed by atoms with Crippen molar-refractivity contribution < 1.29 is 4.79 Å². The van der Waals surface area contributed by atoms with E-state index in [-0.39, 0.29) is 5.91 Å². The van der Waals surface area contributed by atoms with E-state index in [1.807, 2.05) is 11.4 Å². The Balaban J connectivity index is 1.75. The van der Waals surface area contributed by atoms with Gasteiger partial charge < -0.3 is 5.32 Å². The van der Waals surface area contributed by atoms with E-state index in [1.54, 1.807) is 11.3 Å². The van der Waals surface area contributed by atoms with Crippen LogP contribution >= 0.6 is 11.3 Å². The van der Waals surface area contributed by atoms with Crippen LogP contribution in [0, 0.1) is 6.92 Å². The first-order valence-corrected chi connectivity index (χ1v) is 7.81. The maximum absolute atomic E-state index is 11.8. The van der Waals surface area contributed by atoms with Gasteiger partial charge in [0, 0.05) is 11.9 Å². The van der Waals surface area contributed by atoms with Gasteiger partial charge in [-0.2, -0.15) is 0 Å². The molecule has 0 aliphatic rings. The summed E-state index contributed by atoms with van der Waals surface area (Å²) in [7, 11) is 0. The van der Waals surface area contributed by atoms with Crippen molar-refractivity contribution in [1.82, 2.24) is 10.3 Å². The van der Waals surface area contributed by atoms with Gasteiger partial charge in [-0.3, -0.25) is 4.79 Å². The van der Waals surface area contributed by atoms with Crippen LogP contribution in [0.25, 0.3) is 0 Å². The first-order valence-electron chi connectivity index (χ1n) is 6.93. The molecule has 4 heteroatoms. The number of benzene rings is 1. The fraction of sp³-hybridized carbons (Fsp3) is 0.375. The van der Waals surface area contributed by atoms with E-state index in [2.05, 4.69) is 42.3 Å². The summed E-state index contributed by atoms with van der Waals surface area (Å²) in [5, 5.41) is 6.01. The minimum atomic E-state index is 0.0469. The van der Waals surface area contributed by atoms with Crippen LogP contribution in [0.2, 0.25) is 0 Å². The minimum absolute atomic E-state index is 0.0469. The van der Waals surface area contributed by atoms with Gasteiger partial charge in [0.15, 0.2) is 0 Å². The van der Waals surface area contributed by atoms with Gasteiger partial charge in [-0.15, -0.1) is 11.3 Å². The van der Waals surface area contributed by atoms with Crippen molar-refractivity contribution in [3.05, 3.63) is 51.5 Å². The molecule has 0 unspecified atom stereocenters. The number of amides is 1. The van der Waals surface area contributed by atoms with Gasteiger partial charge in [0.1, 0.15) is 0 Å². The summed E-state index contributed by atoms with van der Waals surface area (Å²) in [5.74, 6) is 0.0469. The van der Waals surface area contributed by atoms with Crippen molar-refractivity contribution in [2.45, 2.75) is 33.1 Å². The SMILES string of the molecule is CCc1nc(CC(=O)NCCc2cccc(C)c2)cs1. The van der Waals surface area contributed by atoms with Crippen LogP contribution in [0.3, 0.4) is 0 Å². The average Bonchev–Trinajstić information content (AvgIpc) is 2.86. The number of nitrogens with one attached hydrogen (secondary N) is 1. The Labute approximate surface area is 124 Å². The molecule has 2 rings (SSSR count). The van der Waals surface area contributed by atoms with Gasteiger partial charge in [-0.05, 0) is 25.3 Å². The van der Waals surface area contributed by atoms with Crippen LogP contribution in [-0.4, -0.2) is 17.4 Å². The van der Waals surface area contributed by atoms with Crippen LogP contribution in [0.15, 0.2) is 29.6 Å². The number of nitrogens with zero attached hydrogens (tertiary/aromatic N) is 1. The highest BCUT2D eigenvalue weighted by atomic mass is 32.1. The quantitative estimate of drug-likeness (QED) is 0.888. The average molecular weight is 288 g/mol. The molecule has 1 aromatic carbocycles. The molecule has 106 valence electrons. The van der Waals surface area contributed by atoms with E-state index in [1.165, 1.54) is 11.1 Å². The van der Waals surface area contributed by atoms with Crippen LogP contribution in [-0.2, 0) is 24.1 Å². The fourth-order valence-corrected chi connectivity index (χ4v) is 2.78. The summed E-state index contributed by atoms with van der Waals surface area (Å²) in [4.78, 5) is 16.2. The number of hydrogen-bond acceptors (Lipinski definition) is 3. The van der Waals surface area contributed by atoms with Crippen molar-refractivity contribution in [1.29, 1.82) is 0 Å². The van der Waals surface area contributed by atoms with Crippen LogP contribution < -0.4 is 5.32 Å². The van der Waals surface area contributed by atoms with Crippen molar-refractivity contribution in [3.8, 4) is 0 Å². The van der Waals surface area contributed by atoms with E-state index < -0.39 is 0 Å². The predicted octanol–water partition coefficient (Wildman–Crippen LogP) is 2.92. The zero-order valence-electron chi connectivity index (χ0n) is 12.0. The summed E-state index contributed by atoms with van der Waals surface area (Å²) in [6.07, 6.45) is 2.18. The Kier molecular flexibility index (Phi) is 5.30. The van der Waals surface area contributed by atoms with Crippen molar-refractivity contribution in [3.63, 3.8) is 0 Å².